The number of aliphatic hydroxyl groups excluding tert-OH is 2. The molecule has 2 N–H and O–H groups in total. The lowest BCUT2D eigenvalue weighted by atomic mass is 10.3. The summed E-state index contributed by atoms with van der Waals surface area (Å²) in [7, 11) is 0. The van der Waals surface area contributed by atoms with Crippen LogP contribution in [0.5, 0.6) is 0 Å². The quantitative estimate of drug-likeness (QED) is 0.694. The fourth-order valence-corrected chi connectivity index (χ4v) is 3.73. The van der Waals surface area contributed by atoms with Crippen LogP contribution in [0.3, 0.4) is 0 Å². The van der Waals surface area contributed by atoms with Gasteiger partial charge in [0, 0.05) is 31.3 Å². The van der Waals surface area contributed by atoms with Gasteiger partial charge in [-0.3, -0.25) is 0 Å². The van der Waals surface area contributed by atoms with Gasteiger partial charge >= 0.3 is 0 Å². The lowest BCUT2D eigenvalue weighted by Gasteiger charge is -2.17. The second kappa shape index (κ2) is 9.06. The molecule has 0 aliphatic heterocycles. The maximum Gasteiger partial charge on any atom is 0.0901 e. The van der Waals surface area contributed by atoms with Crippen molar-refractivity contribution >= 4 is 46.7 Å². The maximum atomic E-state index is 10.0. The molecule has 2 atom stereocenters. The summed E-state index contributed by atoms with van der Waals surface area (Å²) < 4.78 is 0. The Morgan fingerprint density at radius 3 is 1.32 bits per heavy atom. The molecule has 0 aliphatic rings. The minimum absolute atomic E-state index is 0.435. The molecule has 0 fully saturated rings. The van der Waals surface area contributed by atoms with Crippen molar-refractivity contribution in [2.24, 2.45) is 0 Å². The third kappa shape index (κ3) is 6.03. The van der Waals surface area contributed by atoms with Gasteiger partial charge in [-0.2, -0.15) is 0 Å². The Hall–Kier alpha value is -0.360. The summed E-state index contributed by atoms with van der Waals surface area (Å²) in [5.74, 6) is 0.869. The van der Waals surface area contributed by atoms with E-state index in [1.165, 1.54) is 23.5 Å². The number of hydrogen-bond acceptors (Lipinski definition) is 4. The third-order valence-electron chi connectivity index (χ3n) is 2.91. The predicted octanol–water partition coefficient (Wildman–Crippen LogP) is 4.60. The van der Waals surface area contributed by atoms with Crippen molar-refractivity contribution in [1.29, 1.82) is 0 Å². The highest BCUT2D eigenvalue weighted by Crippen LogP contribution is 2.24. The Morgan fingerprint density at radius 2 is 1.00 bits per heavy atom. The number of benzene rings is 2. The van der Waals surface area contributed by atoms with Crippen LogP contribution in [0.4, 0.5) is 0 Å². The molecule has 2 aromatic carbocycles. The summed E-state index contributed by atoms with van der Waals surface area (Å²) in [6.45, 7) is 0. The van der Waals surface area contributed by atoms with Crippen molar-refractivity contribution < 1.29 is 10.2 Å². The van der Waals surface area contributed by atoms with Crippen molar-refractivity contribution in [3.63, 3.8) is 0 Å². The van der Waals surface area contributed by atoms with Crippen LogP contribution < -0.4 is 0 Å². The Balaban J connectivity index is 1.75. The van der Waals surface area contributed by atoms with Gasteiger partial charge in [-0.15, -0.1) is 23.5 Å². The van der Waals surface area contributed by atoms with E-state index in [4.69, 9.17) is 23.2 Å². The van der Waals surface area contributed by atoms with Gasteiger partial charge in [0.05, 0.1) is 12.2 Å². The molecule has 0 radical (unpaired) electrons. The van der Waals surface area contributed by atoms with Crippen molar-refractivity contribution in [3.8, 4) is 0 Å². The molecule has 6 heteroatoms. The average Bonchev–Trinajstić information content (AvgIpc) is 2.53. The van der Waals surface area contributed by atoms with Crippen LogP contribution in [-0.2, 0) is 0 Å². The van der Waals surface area contributed by atoms with Crippen molar-refractivity contribution in [3.05, 3.63) is 58.6 Å². The summed E-state index contributed by atoms with van der Waals surface area (Å²) in [6, 6.07) is 14.8. The fraction of sp³-hybridized carbons (Fsp3) is 0.250. The van der Waals surface area contributed by atoms with E-state index in [9.17, 15) is 10.2 Å². The Labute approximate surface area is 148 Å². The second-order valence-electron chi connectivity index (χ2n) is 4.66. The van der Waals surface area contributed by atoms with Crippen LogP contribution in [0.1, 0.15) is 0 Å². The van der Waals surface area contributed by atoms with Gasteiger partial charge in [0.1, 0.15) is 0 Å². The molecule has 0 heterocycles. The topological polar surface area (TPSA) is 40.5 Å². The standard InChI is InChI=1S/C16H16Cl2O2S2/c17-11-1-5-13(6-2-11)21-9-15(19)16(20)10-22-14-7-3-12(18)4-8-14/h1-8,15-16,19-20H,9-10H2/t15-,16-/m0/s1. The normalized spacial score (nSPS) is 13.8. The van der Waals surface area contributed by atoms with Crippen molar-refractivity contribution in [2.75, 3.05) is 11.5 Å². The van der Waals surface area contributed by atoms with Crippen LogP contribution in [0.2, 0.25) is 10.0 Å². The maximum absolute atomic E-state index is 10.0. The zero-order chi connectivity index (χ0) is 15.9. The van der Waals surface area contributed by atoms with E-state index in [1.54, 1.807) is 0 Å². The average molecular weight is 375 g/mol. The molecular formula is C16H16Cl2O2S2. The van der Waals surface area contributed by atoms with E-state index < -0.39 is 12.2 Å². The molecule has 0 aromatic heterocycles. The van der Waals surface area contributed by atoms with Crippen LogP contribution in [-0.4, -0.2) is 33.9 Å². The predicted molar refractivity (Wildman–Crippen MR) is 96.4 cm³/mol. The fourth-order valence-electron chi connectivity index (χ4n) is 1.65. The lowest BCUT2D eigenvalue weighted by Crippen LogP contribution is -2.30. The van der Waals surface area contributed by atoms with Crippen LogP contribution in [0.25, 0.3) is 0 Å². The van der Waals surface area contributed by atoms with Crippen LogP contribution in [0.15, 0.2) is 58.3 Å². The summed E-state index contributed by atoms with van der Waals surface area (Å²) >= 11 is 14.6. The largest absolute Gasteiger partial charge is 0.390 e. The molecule has 0 saturated carbocycles. The first-order chi connectivity index (χ1) is 10.5. The summed E-state index contributed by atoms with van der Waals surface area (Å²) in [4.78, 5) is 2.03. The molecule has 0 spiro atoms. The first-order valence-electron chi connectivity index (χ1n) is 6.67. The van der Waals surface area contributed by atoms with Crippen LogP contribution in [0, 0.1) is 0 Å². The number of rotatable bonds is 7. The summed E-state index contributed by atoms with van der Waals surface area (Å²) in [5.41, 5.74) is 0. The van der Waals surface area contributed by atoms with Crippen LogP contribution >= 0.6 is 46.7 Å². The monoisotopic (exact) mass is 374 g/mol. The minimum atomic E-state index is -0.777. The highest BCUT2D eigenvalue weighted by molar-refractivity contribution is 7.99. The molecule has 2 rings (SSSR count). The van der Waals surface area contributed by atoms with Gasteiger partial charge in [-0.05, 0) is 48.5 Å². The Bertz CT molecular complexity index is 522. The van der Waals surface area contributed by atoms with E-state index in [1.807, 2.05) is 48.5 Å². The number of halogens is 2. The molecule has 0 aliphatic carbocycles. The highest BCUT2D eigenvalue weighted by atomic mass is 35.5. The molecule has 118 valence electrons. The SMILES string of the molecule is O[C@@H](CSc1ccc(Cl)cc1)[C@@H](O)CSc1ccc(Cl)cc1. The van der Waals surface area contributed by atoms with Gasteiger partial charge in [0.15, 0.2) is 0 Å². The van der Waals surface area contributed by atoms with Gasteiger partial charge < -0.3 is 10.2 Å². The number of aliphatic hydroxyl groups is 2. The smallest absolute Gasteiger partial charge is 0.0901 e. The zero-order valence-electron chi connectivity index (χ0n) is 11.7. The highest BCUT2D eigenvalue weighted by Gasteiger charge is 2.17. The first-order valence-corrected chi connectivity index (χ1v) is 9.40. The summed E-state index contributed by atoms with van der Waals surface area (Å²) in [5, 5.41) is 21.4. The van der Waals surface area contributed by atoms with E-state index in [-0.39, 0.29) is 0 Å². The van der Waals surface area contributed by atoms with E-state index in [0.29, 0.717) is 21.6 Å². The van der Waals surface area contributed by atoms with E-state index in [0.717, 1.165) is 9.79 Å². The minimum Gasteiger partial charge on any atom is -0.390 e. The third-order valence-corrected chi connectivity index (χ3v) is 5.64. The number of hydrogen-bond donors (Lipinski definition) is 2. The van der Waals surface area contributed by atoms with E-state index in [2.05, 4.69) is 0 Å². The van der Waals surface area contributed by atoms with Crippen molar-refractivity contribution in [1.82, 2.24) is 0 Å². The molecule has 2 nitrogen and oxygen atoms in total. The molecule has 0 unspecified atom stereocenters. The lowest BCUT2D eigenvalue weighted by molar-refractivity contribution is 0.0500. The molecule has 0 amide bonds. The molecule has 0 saturated heterocycles. The van der Waals surface area contributed by atoms with Gasteiger partial charge in [-0.1, -0.05) is 23.2 Å². The molecular weight excluding hydrogens is 359 g/mol. The summed E-state index contributed by atoms with van der Waals surface area (Å²) in [6.07, 6.45) is -1.55. The molecule has 22 heavy (non-hydrogen) atoms. The molecule has 2 aromatic rings. The Kier molecular flexibility index (Phi) is 7.41. The first kappa shape index (κ1) is 18.0. The van der Waals surface area contributed by atoms with Gasteiger partial charge in [0.2, 0.25) is 0 Å². The zero-order valence-corrected chi connectivity index (χ0v) is 14.8. The van der Waals surface area contributed by atoms with Crippen molar-refractivity contribution in [2.45, 2.75) is 22.0 Å². The molecule has 0 bridgehead atoms. The van der Waals surface area contributed by atoms with Gasteiger partial charge in [0.25, 0.3) is 0 Å². The Morgan fingerprint density at radius 1 is 0.682 bits per heavy atom. The van der Waals surface area contributed by atoms with Gasteiger partial charge in [-0.25, -0.2) is 0 Å². The second-order valence-corrected chi connectivity index (χ2v) is 7.72. The van der Waals surface area contributed by atoms with E-state index >= 15 is 0 Å². The number of thioether (sulfide) groups is 2.